The molecule has 0 aromatic heterocycles. The quantitative estimate of drug-likeness (QED) is 0.764. The number of ether oxygens (including phenoxy) is 1. The molecule has 2 aliphatic heterocycles. The zero-order valence-electron chi connectivity index (χ0n) is 11.1. The van der Waals surface area contributed by atoms with Crippen molar-refractivity contribution in [3.8, 4) is 0 Å². The third-order valence-corrected chi connectivity index (χ3v) is 3.81. The maximum absolute atomic E-state index is 12.1. The molecule has 0 spiro atoms. The molecule has 6 nitrogen and oxygen atoms in total. The summed E-state index contributed by atoms with van der Waals surface area (Å²) < 4.78 is 5.11. The lowest BCUT2D eigenvalue weighted by Crippen LogP contribution is -2.48. The first-order chi connectivity index (χ1) is 9.16. The third kappa shape index (κ3) is 4.18. The van der Waals surface area contributed by atoms with Crippen LogP contribution < -0.4 is 5.32 Å². The monoisotopic (exact) mass is 270 g/mol. The number of hydrogen-bond acceptors (Lipinski definition) is 4. The maximum Gasteiger partial charge on any atom is 0.334 e. The van der Waals surface area contributed by atoms with Gasteiger partial charge in [0, 0.05) is 19.0 Å². The lowest BCUT2D eigenvalue weighted by molar-refractivity contribution is -0.159. The van der Waals surface area contributed by atoms with Gasteiger partial charge in [0.25, 0.3) is 0 Å². The van der Waals surface area contributed by atoms with Gasteiger partial charge in [-0.2, -0.15) is 0 Å². The first kappa shape index (κ1) is 14.3. The number of carbonyl (C=O) groups is 2. The highest BCUT2D eigenvalue weighted by Gasteiger charge is 2.29. The zero-order valence-corrected chi connectivity index (χ0v) is 11.1. The van der Waals surface area contributed by atoms with Crippen LogP contribution in [0, 0.1) is 0 Å². The predicted octanol–water partition coefficient (Wildman–Crippen LogP) is 0.221. The van der Waals surface area contributed by atoms with E-state index in [1.54, 1.807) is 4.90 Å². The van der Waals surface area contributed by atoms with Gasteiger partial charge in [-0.25, -0.2) is 4.79 Å². The molecule has 2 unspecified atom stereocenters. The number of carboxylic acids is 1. The number of aliphatic carboxylic acids is 1. The Hall–Kier alpha value is -1.14. The van der Waals surface area contributed by atoms with Crippen molar-refractivity contribution in [2.45, 2.75) is 44.2 Å². The minimum Gasteiger partial charge on any atom is -0.479 e. The smallest absolute Gasteiger partial charge is 0.334 e. The summed E-state index contributed by atoms with van der Waals surface area (Å²) >= 11 is 0. The molecule has 0 aliphatic carbocycles. The van der Waals surface area contributed by atoms with E-state index < -0.39 is 12.1 Å². The summed E-state index contributed by atoms with van der Waals surface area (Å²) in [5.41, 5.74) is 0. The molecule has 0 aromatic carbocycles. The lowest BCUT2D eigenvalue weighted by atomic mass is 10.0. The van der Waals surface area contributed by atoms with Crippen molar-refractivity contribution in [3.05, 3.63) is 0 Å². The fourth-order valence-corrected chi connectivity index (χ4v) is 2.65. The number of carboxylic acid groups (broad SMARTS) is 1. The number of morpholine rings is 1. The van der Waals surface area contributed by atoms with Crippen LogP contribution in [-0.4, -0.2) is 60.3 Å². The van der Waals surface area contributed by atoms with Gasteiger partial charge < -0.3 is 20.1 Å². The summed E-state index contributed by atoms with van der Waals surface area (Å²) in [6.45, 7) is 2.02. The molecule has 0 radical (unpaired) electrons. The van der Waals surface area contributed by atoms with E-state index in [0.29, 0.717) is 25.6 Å². The van der Waals surface area contributed by atoms with Crippen LogP contribution in [0.25, 0.3) is 0 Å². The van der Waals surface area contributed by atoms with Crippen LogP contribution >= 0.6 is 0 Å². The molecule has 2 heterocycles. The molecular weight excluding hydrogens is 248 g/mol. The Morgan fingerprint density at radius 3 is 2.89 bits per heavy atom. The summed E-state index contributed by atoms with van der Waals surface area (Å²) in [7, 11) is 0. The van der Waals surface area contributed by atoms with E-state index in [2.05, 4.69) is 5.32 Å². The summed E-state index contributed by atoms with van der Waals surface area (Å²) in [5, 5.41) is 12.3. The van der Waals surface area contributed by atoms with Gasteiger partial charge in [0.1, 0.15) is 0 Å². The molecule has 0 aromatic rings. The summed E-state index contributed by atoms with van der Waals surface area (Å²) in [5.74, 6) is -0.951. The molecule has 1 amide bonds. The molecular formula is C13H22N2O4. The molecule has 2 fully saturated rings. The van der Waals surface area contributed by atoms with Crippen molar-refractivity contribution < 1.29 is 19.4 Å². The first-order valence-corrected chi connectivity index (χ1v) is 7.02. The van der Waals surface area contributed by atoms with Crippen LogP contribution in [-0.2, 0) is 14.3 Å². The second-order valence-electron chi connectivity index (χ2n) is 5.22. The summed E-state index contributed by atoms with van der Waals surface area (Å²) in [6.07, 6.45) is 4.04. The average molecular weight is 270 g/mol. The van der Waals surface area contributed by atoms with Crippen LogP contribution in [0.15, 0.2) is 0 Å². The van der Waals surface area contributed by atoms with Crippen LogP contribution in [0.5, 0.6) is 0 Å². The molecule has 19 heavy (non-hydrogen) atoms. The van der Waals surface area contributed by atoms with Gasteiger partial charge in [-0.05, 0) is 25.8 Å². The number of nitrogens with zero attached hydrogens (tertiary/aromatic N) is 1. The fraction of sp³-hybridized carbons (Fsp3) is 0.846. The van der Waals surface area contributed by atoms with Gasteiger partial charge in [-0.3, -0.25) is 4.79 Å². The summed E-state index contributed by atoms with van der Waals surface area (Å²) in [4.78, 5) is 24.5. The van der Waals surface area contributed by atoms with Gasteiger partial charge in [-0.1, -0.05) is 6.42 Å². The lowest BCUT2D eigenvalue weighted by Gasteiger charge is -2.31. The second kappa shape index (κ2) is 6.86. The van der Waals surface area contributed by atoms with Gasteiger partial charge in [-0.15, -0.1) is 0 Å². The minimum absolute atomic E-state index is 0.0434. The minimum atomic E-state index is -0.994. The molecule has 2 rings (SSSR count). The van der Waals surface area contributed by atoms with Gasteiger partial charge >= 0.3 is 5.97 Å². The fourth-order valence-electron chi connectivity index (χ4n) is 2.65. The Balaban J connectivity index is 1.74. The second-order valence-corrected chi connectivity index (χ2v) is 5.22. The highest BCUT2D eigenvalue weighted by atomic mass is 16.5. The van der Waals surface area contributed by atoms with E-state index in [4.69, 9.17) is 9.84 Å². The van der Waals surface area contributed by atoms with Gasteiger partial charge in [0.2, 0.25) is 5.91 Å². The van der Waals surface area contributed by atoms with Crippen LogP contribution in [0.4, 0.5) is 0 Å². The number of carbonyl (C=O) groups excluding carboxylic acids is 1. The first-order valence-electron chi connectivity index (χ1n) is 7.02. The molecule has 2 atom stereocenters. The Bertz CT molecular complexity index is 329. The molecule has 2 N–H and O–H groups in total. The van der Waals surface area contributed by atoms with Crippen molar-refractivity contribution in [2.24, 2.45) is 0 Å². The Morgan fingerprint density at radius 1 is 1.37 bits per heavy atom. The van der Waals surface area contributed by atoms with Crippen molar-refractivity contribution >= 4 is 11.9 Å². The van der Waals surface area contributed by atoms with E-state index in [1.165, 1.54) is 12.8 Å². The van der Waals surface area contributed by atoms with Crippen molar-refractivity contribution in [3.63, 3.8) is 0 Å². The van der Waals surface area contributed by atoms with E-state index in [0.717, 1.165) is 19.4 Å². The Kier molecular flexibility index (Phi) is 5.15. The summed E-state index contributed by atoms with van der Waals surface area (Å²) in [6, 6.07) is 0.439. The maximum atomic E-state index is 12.1. The third-order valence-electron chi connectivity index (χ3n) is 3.81. The SMILES string of the molecule is O=C(O)C1CN(C(=O)CCC2CCCCN2)CCO1. The van der Waals surface area contributed by atoms with E-state index >= 15 is 0 Å². The van der Waals surface area contributed by atoms with Crippen molar-refractivity contribution in [1.82, 2.24) is 10.2 Å². The number of piperidine rings is 1. The normalized spacial score (nSPS) is 28.1. The van der Waals surface area contributed by atoms with Gasteiger partial charge in [0.05, 0.1) is 13.2 Å². The number of amides is 1. The number of rotatable bonds is 4. The highest BCUT2D eigenvalue weighted by molar-refractivity contribution is 5.78. The molecule has 108 valence electrons. The molecule has 0 bridgehead atoms. The molecule has 6 heteroatoms. The number of nitrogens with one attached hydrogen (secondary N) is 1. The van der Waals surface area contributed by atoms with Gasteiger partial charge in [0.15, 0.2) is 6.10 Å². The van der Waals surface area contributed by atoms with Crippen molar-refractivity contribution in [1.29, 1.82) is 0 Å². The molecule has 2 saturated heterocycles. The van der Waals surface area contributed by atoms with E-state index in [-0.39, 0.29) is 12.5 Å². The number of hydrogen-bond donors (Lipinski definition) is 2. The van der Waals surface area contributed by atoms with Crippen LogP contribution in [0.2, 0.25) is 0 Å². The zero-order chi connectivity index (χ0) is 13.7. The molecule has 2 aliphatic rings. The Labute approximate surface area is 113 Å². The van der Waals surface area contributed by atoms with E-state index in [9.17, 15) is 9.59 Å². The van der Waals surface area contributed by atoms with E-state index in [1.807, 2.05) is 0 Å². The van der Waals surface area contributed by atoms with Crippen LogP contribution in [0.3, 0.4) is 0 Å². The Morgan fingerprint density at radius 2 is 2.21 bits per heavy atom. The van der Waals surface area contributed by atoms with Crippen LogP contribution in [0.1, 0.15) is 32.1 Å². The standard InChI is InChI=1S/C13H22N2O4/c16-12(5-4-10-3-1-2-6-14-10)15-7-8-19-11(9-15)13(17)18/h10-11,14H,1-9H2,(H,17,18). The predicted molar refractivity (Wildman–Crippen MR) is 68.8 cm³/mol. The highest BCUT2D eigenvalue weighted by Crippen LogP contribution is 2.14. The van der Waals surface area contributed by atoms with Crippen molar-refractivity contribution in [2.75, 3.05) is 26.2 Å². The topological polar surface area (TPSA) is 78.9 Å². The molecule has 0 saturated carbocycles. The largest absolute Gasteiger partial charge is 0.479 e. The average Bonchev–Trinajstić information content (AvgIpc) is 2.46.